The van der Waals surface area contributed by atoms with Gasteiger partial charge in [-0.1, -0.05) is 13.8 Å². The third-order valence-corrected chi connectivity index (χ3v) is 9.18. The summed E-state index contributed by atoms with van der Waals surface area (Å²) in [6.45, 7) is 7.27. The second-order valence-corrected chi connectivity index (χ2v) is 13.8. The van der Waals surface area contributed by atoms with E-state index in [1.54, 1.807) is 13.8 Å². The number of carbonyl (C=O) groups is 8. The van der Waals surface area contributed by atoms with Crippen molar-refractivity contribution in [3.63, 3.8) is 0 Å². The lowest BCUT2D eigenvalue weighted by molar-refractivity contribution is -0.143. The molecule has 19 nitrogen and oxygen atoms in total. The Bertz CT molecular complexity index is 1290. The topological polar surface area (TPSA) is 310 Å². The average molecular weight is 739 g/mol. The predicted octanol–water partition coefficient (Wildman–Crippen LogP) is -3.91. The number of nitrogens with zero attached hydrogens (tertiary/aromatic N) is 1. The van der Waals surface area contributed by atoms with Crippen LogP contribution in [-0.4, -0.2) is 125 Å². The fourth-order valence-electron chi connectivity index (χ4n) is 6.07. The van der Waals surface area contributed by atoms with Crippen LogP contribution in [0.15, 0.2) is 0 Å². The Hall–Kier alpha value is -4.36. The van der Waals surface area contributed by atoms with Crippen molar-refractivity contribution in [2.45, 2.75) is 134 Å². The maximum absolute atomic E-state index is 14.0. The number of amides is 8. The van der Waals surface area contributed by atoms with Gasteiger partial charge in [-0.2, -0.15) is 0 Å². The van der Waals surface area contributed by atoms with Gasteiger partial charge in [0.1, 0.15) is 36.3 Å². The molecule has 2 heterocycles. The van der Waals surface area contributed by atoms with Gasteiger partial charge >= 0.3 is 0 Å². The molecule has 0 aromatic heterocycles. The molecule has 0 aliphatic carbocycles. The largest absolute Gasteiger partial charge is 0.391 e. The van der Waals surface area contributed by atoms with E-state index in [1.165, 1.54) is 18.7 Å². The standard InChI is InChI=1S/C33H58N10O9/c1-17(2)25(41-28(47)20-10-7-15-37-20)31(50)42-26(19(4)44)32(51)40-22(9-5-6-14-34)33(52)43-16-8-11-23(43)30(49)39-21(12-13-24(35)45)29(48)38-18(3)27(36)46/h17-23,25-26,37,44H,5-16,34H2,1-4H3,(H2,35,45)(H2,36,46)(H,38,48)(H,39,49)(H,40,51)(H,41,47)(H,42,50)/t18-,19+,20+,21+,22+,23+,25-,26-/m1/s1. The van der Waals surface area contributed by atoms with E-state index in [0.717, 1.165) is 6.42 Å². The first kappa shape index (κ1) is 43.8. The van der Waals surface area contributed by atoms with Gasteiger partial charge in [0.05, 0.1) is 12.1 Å². The van der Waals surface area contributed by atoms with Gasteiger partial charge in [-0.05, 0) is 84.2 Å². The van der Waals surface area contributed by atoms with Gasteiger partial charge in [0.25, 0.3) is 0 Å². The monoisotopic (exact) mass is 738 g/mol. The Morgan fingerprint density at radius 3 is 2.00 bits per heavy atom. The SMILES string of the molecule is CC(C)[C@@H](NC(=O)[C@@H]1CCCN1)C(=O)N[C@@H](C(=O)N[C@@H](CCCCN)C(=O)N1CCC[C@H]1C(=O)N[C@@H](CCC(N)=O)C(=O)N[C@H](C)C(N)=O)[C@H](C)O. The van der Waals surface area contributed by atoms with Crippen molar-refractivity contribution in [3.05, 3.63) is 0 Å². The van der Waals surface area contributed by atoms with Crippen molar-refractivity contribution in [2.75, 3.05) is 19.6 Å². The van der Waals surface area contributed by atoms with Crippen LogP contribution in [0.3, 0.4) is 0 Å². The molecule has 2 saturated heterocycles. The predicted molar refractivity (Wildman–Crippen MR) is 188 cm³/mol. The van der Waals surface area contributed by atoms with Crippen molar-refractivity contribution in [1.82, 2.24) is 36.8 Å². The van der Waals surface area contributed by atoms with Crippen molar-refractivity contribution in [3.8, 4) is 0 Å². The molecule has 2 aliphatic heterocycles. The molecule has 0 radical (unpaired) electrons. The van der Waals surface area contributed by atoms with Crippen molar-refractivity contribution in [1.29, 1.82) is 0 Å². The molecule has 2 rings (SSSR count). The molecule has 2 fully saturated rings. The summed E-state index contributed by atoms with van der Waals surface area (Å²) < 4.78 is 0. The molecular formula is C33H58N10O9. The zero-order valence-electron chi connectivity index (χ0n) is 30.6. The zero-order valence-corrected chi connectivity index (χ0v) is 30.6. The minimum absolute atomic E-state index is 0.126. The fraction of sp³-hybridized carbons (Fsp3) is 0.758. The van der Waals surface area contributed by atoms with Gasteiger partial charge < -0.3 is 59.1 Å². The molecule has 8 amide bonds. The number of nitrogens with one attached hydrogen (secondary N) is 6. The third-order valence-electron chi connectivity index (χ3n) is 9.18. The average Bonchev–Trinajstić information content (AvgIpc) is 3.80. The van der Waals surface area contributed by atoms with Gasteiger partial charge in [-0.25, -0.2) is 0 Å². The molecule has 0 aromatic rings. The number of rotatable bonds is 21. The van der Waals surface area contributed by atoms with Gasteiger partial charge in [0.2, 0.25) is 47.3 Å². The van der Waals surface area contributed by atoms with Gasteiger partial charge in [-0.3, -0.25) is 38.4 Å². The molecule has 0 spiro atoms. The second kappa shape index (κ2) is 21.2. The summed E-state index contributed by atoms with van der Waals surface area (Å²) in [7, 11) is 0. The molecule has 0 aromatic carbocycles. The number of aliphatic hydroxyl groups is 1. The van der Waals surface area contributed by atoms with Gasteiger partial charge in [0, 0.05) is 13.0 Å². The smallest absolute Gasteiger partial charge is 0.245 e. The van der Waals surface area contributed by atoms with Crippen molar-refractivity contribution in [2.24, 2.45) is 23.1 Å². The highest BCUT2D eigenvalue weighted by Gasteiger charge is 2.40. The molecular weight excluding hydrogens is 680 g/mol. The number of hydrogen-bond acceptors (Lipinski definition) is 11. The molecule has 0 unspecified atom stereocenters. The molecule has 19 heteroatoms. The summed E-state index contributed by atoms with van der Waals surface area (Å²) in [6.07, 6.45) is 1.34. The van der Waals surface area contributed by atoms with Crippen LogP contribution in [0.1, 0.15) is 85.5 Å². The number of likely N-dealkylation sites (tertiary alicyclic amines) is 1. The minimum Gasteiger partial charge on any atom is -0.391 e. The van der Waals surface area contributed by atoms with Crippen LogP contribution in [0, 0.1) is 5.92 Å². The van der Waals surface area contributed by atoms with Crippen LogP contribution in [0.4, 0.5) is 0 Å². The van der Waals surface area contributed by atoms with Crippen LogP contribution in [-0.2, 0) is 38.4 Å². The van der Waals surface area contributed by atoms with Crippen LogP contribution >= 0.6 is 0 Å². The number of unbranched alkanes of at least 4 members (excludes halogenated alkanes) is 1. The highest BCUT2D eigenvalue weighted by molar-refractivity contribution is 5.97. The van der Waals surface area contributed by atoms with Crippen LogP contribution in [0.5, 0.6) is 0 Å². The number of primary amides is 2. The number of nitrogens with two attached hydrogens (primary N) is 3. The van der Waals surface area contributed by atoms with Crippen LogP contribution < -0.4 is 49.1 Å². The van der Waals surface area contributed by atoms with Crippen molar-refractivity contribution < 1.29 is 43.5 Å². The molecule has 294 valence electrons. The maximum Gasteiger partial charge on any atom is 0.245 e. The van der Waals surface area contributed by atoms with E-state index in [1.807, 2.05) is 0 Å². The Morgan fingerprint density at radius 1 is 0.769 bits per heavy atom. The van der Waals surface area contributed by atoms with E-state index in [2.05, 4.69) is 31.9 Å². The Kier molecular flexibility index (Phi) is 17.9. The molecule has 0 bridgehead atoms. The lowest BCUT2D eigenvalue weighted by Gasteiger charge is -2.31. The number of carbonyl (C=O) groups excluding carboxylic acids is 8. The second-order valence-electron chi connectivity index (χ2n) is 13.8. The summed E-state index contributed by atoms with van der Waals surface area (Å²) in [5.41, 5.74) is 16.2. The first-order valence-electron chi connectivity index (χ1n) is 18.0. The number of hydrogen-bond donors (Lipinski definition) is 10. The van der Waals surface area contributed by atoms with E-state index >= 15 is 0 Å². The van der Waals surface area contributed by atoms with Crippen molar-refractivity contribution >= 4 is 47.3 Å². The minimum atomic E-state index is -1.50. The summed E-state index contributed by atoms with van der Waals surface area (Å²) in [5.74, 6) is -5.86. The Labute approximate surface area is 304 Å². The highest BCUT2D eigenvalue weighted by atomic mass is 16.3. The molecule has 0 saturated carbocycles. The summed E-state index contributed by atoms with van der Waals surface area (Å²) >= 11 is 0. The lowest BCUT2D eigenvalue weighted by Crippen LogP contribution is -2.62. The molecule has 2 aliphatic rings. The first-order valence-corrected chi connectivity index (χ1v) is 18.0. The summed E-state index contributed by atoms with van der Waals surface area (Å²) in [5, 5.41) is 26.5. The molecule has 52 heavy (non-hydrogen) atoms. The quantitative estimate of drug-likeness (QED) is 0.0508. The lowest BCUT2D eigenvalue weighted by atomic mass is 10.0. The van der Waals surface area contributed by atoms with E-state index < -0.39 is 89.7 Å². The summed E-state index contributed by atoms with van der Waals surface area (Å²) in [4.78, 5) is 104. The van der Waals surface area contributed by atoms with E-state index in [0.29, 0.717) is 38.8 Å². The van der Waals surface area contributed by atoms with E-state index in [9.17, 15) is 43.5 Å². The van der Waals surface area contributed by atoms with Crippen LogP contribution in [0.2, 0.25) is 0 Å². The zero-order chi connectivity index (χ0) is 39.1. The van der Waals surface area contributed by atoms with E-state index in [4.69, 9.17) is 17.2 Å². The Balaban J connectivity index is 2.23. The molecule has 13 N–H and O–H groups in total. The van der Waals surface area contributed by atoms with Gasteiger partial charge in [0.15, 0.2) is 0 Å². The van der Waals surface area contributed by atoms with E-state index in [-0.39, 0.29) is 44.1 Å². The Morgan fingerprint density at radius 2 is 1.44 bits per heavy atom. The fourth-order valence-corrected chi connectivity index (χ4v) is 6.07. The third kappa shape index (κ3) is 13.3. The van der Waals surface area contributed by atoms with Crippen LogP contribution in [0.25, 0.3) is 0 Å². The summed E-state index contributed by atoms with van der Waals surface area (Å²) in [6, 6.07) is -7.51. The molecule has 8 atom stereocenters. The highest BCUT2D eigenvalue weighted by Crippen LogP contribution is 2.21. The number of aliphatic hydroxyl groups excluding tert-OH is 1. The van der Waals surface area contributed by atoms with Gasteiger partial charge in [-0.15, -0.1) is 0 Å². The normalized spacial score (nSPS) is 20.5. The maximum atomic E-state index is 14.0. The first-order chi connectivity index (χ1) is 24.5.